The second kappa shape index (κ2) is 11.9. The molecule has 0 bridgehead atoms. The van der Waals surface area contributed by atoms with Crippen LogP contribution in [0.25, 0.3) is 6.08 Å². The lowest BCUT2D eigenvalue weighted by atomic mass is 10.0. The zero-order chi connectivity index (χ0) is 26.3. The van der Waals surface area contributed by atoms with Gasteiger partial charge in [-0.15, -0.1) is 0 Å². The Morgan fingerprint density at radius 1 is 1.06 bits per heavy atom. The second-order valence-corrected chi connectivity index (χ2v) is 10.0. The zero-order valence-corrected chi connectivity index (χ0v) is 20.6. The summed E-state index contributed by atoms with van der Waals surface area (Å²) in [5.74, 6) is -2.73. The van der Waals surface area contributed by atoms with Gasteiger partial charge in [0.25, 0.3) is 0 Å². The van der Waals surface area contributed by atoms with Crippen molar-refractivity contribution in [2.75, 3.05) is 11.0 Å². The molecule has 0 aliphatic carbocycles. The number of carbonyl (C=O) groups excluding carboxylic acids is 1. The lowest BCUT2D eigenvalue weighted by Gasteiger charge is -2.15. The third-order valence-electron chi connectivity index (χ3n) is 5.32. The molecule has 2 aromatic carbocycles. The highest BCUT2D eigenvalue weighted by atomic mass is 32.2. The van der Waals surface area contributed by atoms with Crippen LogP contribution in [0.2, 0.25) is 0 Å². The summed E-state index contributed by atoms with van der Waals surface area (Å²) in [5, 5.41) is 2.61. The Hall–Kier alpha value is -3.66. The fourth-order valence-corrected chi connectivity index (χ4v) is 4.09. The number of aryl methyl sites for hydroxylation is 2. The van der Waals surface area contributed by atoms with Crippen molar-refractivity contribution in [3.05, 3.63) is 100 Å². The summed E-state index contributed by atoms with van der Waals surface area (Å²) in [6.45, 7) is 0.832. The fraction of sp³-hybridized carbons (Fsp3) is 0.231. The molecule has 6 nitrogen and oxygen atoms in total. The number of amides is 1. The lowest BCUT2D eigenvalue weighted by molar-refractivity contribution is -0.117. The SMILES string of the molecule is C[C@@H](NC(=O)/C=C/c1ccc(CF)nc1CCc1ccccc1)c1cc(F)c(NS(C)(=O)=O)c(F)c1. The summed E-state index contributed by atoms with van der Waals surface area (Å²) >= 11 is 0. The number of nitrogens with zero attached hydrogens (tertiary/aromatic N) is 1. The van der Waals surface area contributed by atoms with Crippen molar-refractivity contribution in [2.45, 2.75) is 32.5 Å². The van der Waals surface area contributed by atoms with Gasteiger partial charge in [0.05, 0.1) is 18.0 Å². The van der Waals surface area contributed by atoms with Crippen LogP contribution in [-0.2, 0) is 34.3 Å². The summed E-state index contributed by atoms with van der Waals surface area (Å²) < 4.78 is 66.1. The molecular weight excluding hydrogens is 491 g/mol. The molecule has 0 radical (unpaired) electrons. The van der Waals surface area contributed by atoms with Gasteiger partial charge in [-0.25, -0.2) is 21.6 Å². The van der Waals surface area contributed by atoms with Gasteiger partial charge in [0.1, 0.15) is 12.4 Å². The molecular formula is C26H26F3N3O3S. The van der Waals surface area contributed by atoms with E-state index in [9.17, 15) is 26.4 Å². The molecule has 36 heavy (non-hydrogen) atoms. The Labute approximate surface area is 208 Å². The molecule has 1 heterocycles. The summed E-state index contributed by atoms with van der Waals surface area (Å²) in [6, 6.07) is 14.1. The molecule has 0 saturated carbocycles. The first-order valence-corrected chi connectivity index (χ1v) is 13.0. The monoisotopic (exact) mass is 517 g/mol. The number of alkyl halides is 1. The number of hydrogen-bond donors (Lipinski definition) is 2. The molecule has 0 unspecified atom stereocenters. The highest BCUT2D eigenvalue weighted by molar-refractivity contribution is 7.92. The van der Waals surface area contributed by atoms with Crippen LogP contribution in [0.5, 0.6) is 0 Å². The van der Waals surface area contributed by atoms with Crippen LogP contribution in [0.3, 0.4) is 0 Å². The summed E-state index contributed by atoms with van der Waals surface area (Å²) in [7, 11) is -3.87. The van der Waals surface area contributed by atoms with Gasteiger partial charge in [-0.3, -0.25) is 14.5 Å². The summed E-state index contributed by atoms with van der Waals surface area (Å²) in [4.78, 5) is 16.8. The van der Waals surface area contributed by atoms with E-state index in [1.807, 2.05) is 30.3 Å². The molecule has 0 spiro atoms. The third-order valence-corrected chi connectivity index (χ3v) is 5.90. The Bertz CT molecular complexity index is 1340. The summed E-state index contributed by atoms with van der Waals surface area (Å²) in [5.41, 5.74) is 2.02. The molecule has 1 atom stereocenters. The van der Waals surface area contributed by atoms with Gasteiger partial charge in [0, 0.05) is 11.8 Å². The molecule has 1 amide bonds. The Morgan fingerprint density at radius 3 is 2.33 bits per heavy atom. The largest absolute Gasteiger partial charge is 0.346 e. The standard InChI is InChI=1S/C26H26F3N3O3S/c1-17(20-14-22(28)26(23(29)15-20)32-36(2,34)35)30-25(33)13-10-19-9-11-21(16-27)31-24(19)12-8-18-6-4-3-5-7-18/h3-7,9-11,13-15,17,32H,8,12,16H2,1-2H3,(H,30,33)/b13-10+/t17-/m1/s1. The topological polar surface area (TPSA) is 88.2 Å². The fourth-order valence-electron chi connectivity index (χ4n) is 3.53. The molecule has 0 aliphatic heterocycles. The van der Waals surface area contributed by atoms with E-state index < -0.39 is 46.0 Å². The number of aromatic nitrogens is 1. The zero-order valence-electron chi connectivity index (χ0n) is 19.8. The van der Waals surface area contributed by atoms with Crippen molar-refractivity contribution in [1.29, 1.82) is 0 Å². The van der Waals surface area contributed by atoms with Crippen molar-refractivity contribution < 1.29 is 26.4 Å². The van der Waals surface area contributed by atoms with Gasteiger partial charge >= 0.3 is 0 Å². The van der Waals surface area contributed by atoms with Gasteiger partial charge in [0.15, 0.2) is 11.6 Å². The molecule has 3 rings (SSSR count). The van der Waals surface area contributed by atoms with Crippen LogP contribution >= 0.6 is 0 Å². The van der Waals surface area contributed by atoms with Crippen LogP contribution in [-0.4, -0.2) is 25.6 Å². The predicted molar refractivity (Wildman–Crippen MR) is 133 cm³/mol. The average Bonchev–Trinajstić information content (AvgIpc) is 2.83. The van der Waals surface area contributed by atoms with Gasteiger partial charge in [-0.1, -0.05) is 36.4 Å². The van der Waals surface area contributed by atoms with E-state index in [0.717, 1.165) is 24.0 Å². The van der Waals surface area contributed by atoms with Gasteiger partial charge in [0.2, 0.25) is 15.9 Å². The van der Waals surface area contributed by atoms with Crippen LogP contribution in [0, 0.1) is 11.6 Å². The van der Waals surface area contributed by atoms with Crippen molar-refractivity contribution in [1.82, 2.24) is 10.3 Å². The molecule has 3 aromatic rings. The van der Waals surface area contributed by atoms with Crippen molar-refractivity contribution in [3.8, 4) is 0 Å². The van der Waals surface area contributed by atoms with Crippen LogP contribution < -0.4 is 10.0 Å². The van der Waals surface area contributed by atoms with E-state index in [1.54, 1.807) is 22.9 Å². The molecule has 0 fully saturated rings. The van der Waals surface area contributed by atoms with E-state index in [1.165, 1.54) is 13.0 Å². The van der Waals surface area contributed by atoms with Gasteiger partial charge < -0.3 is 5.32 Å². The number of sulfonamides is 1. The van der Waals surface area contributed by atoms with Crippen molar-refractivity contribution >= 4 is 27.7 Å². The first-order chi connectivity index (χ1) is 17.1. The smallest absolute Gasteiger partial charge is 0.244 e. The van der Waals surface area contributed by atoms with Crippen molar-refractivity contribution in [2.24, 2.45) is 0 Å². The number of pyridine rings is 1. The maximum Gasteiger partial charge on any atom is 0.244 e. The molecule has 0 saturated heterocycles. The molecule has 1 aromatic heterocycles. The normalized spacial score (nSPS) is 12.5. The molecule has 2 N–H and O–H groups in total. The first kappa shape index (κ1) is 26.9. The predicted octanol–water partition coefficient (Wildman–Crippen LogP) is 4.88. The Kier molecular flexibility index (Phi) is 8.87. The van der Waals surface area contributed by atoms with E-state index in [0.29, 0.717) is 29.8 Å². The van der Waals surface area contributed by atoms with E-state index >= 15 is 0 Å². The molecule has 0 aliphatic rings. The Morgan fingerprint density at radius 2 is 1.72 bits per heavy atom. The van der Waals surface area contributed by atoms with E-state index in [-0.39, 0.29) is 5.56 Å². The number of carbonyl (C=O) groups is 1. The van der Waals surface area contributed by atoms with E-state index in [4.69, 9.17) is 0 Å². The molecule has 190 valence electrons. The highest BCUT2D eigenvalue weighted by Crippen LogP contribution is 2.25. The lowest BCUT2D eigenvalue weighted by Crippen LogP contribution is -2.25. The minimum Gasteiger partial charge on any atom is -0.346 e. The maximum atomic E-state index is 14.3. The number of anilines is 1. The molecule has 10 heteroatoms. The Balaban J connectivity index is 1.71. The van der Waals surface area contributed by atoms with E-state index in [2.05, 4.69) is 10.3 Å². The summed E-state index contributed by atoms with van der Waals surface area (Å²) in [6.07, 6.45) is 4.83. The highest BCUT2D eigenvalue weighted by Gasteiger charge is 2.18. The number of benzene rings is 2. The van der Waals surface area contributed by atoms with Gasteiger partial charge in [-0.05, 0) is 60.7 Å². The van der Waals surface area contributed by atoms with Crippen molar-refractivity contribution in [3.63, 3.8) is 0 Å². The number of rotatable bonds is 10. The second-order valence-electron chi connectivity index (χ2n) is 8.26. The number of hydrogen-bond acceptors (Lipinski definition) is 4. The van der Waals surface area contributed by atoms with Gasteiger partial charge in [-0.2, -0.15) is 0 Å². The average molecular weight is 518 g/mol. The minimum absolute atomic E-state index is 0.114. The first-order valence-electron chi connectivity index (χ1n) is 11.1. The van der Waals surface area contributed by atoms with Crippen LogP contribution in [0.1, 0.15) is 41.0 Å². The maximum absolute atomic E-state index is 14.3. The van der Waals surface area contributed by atoms with Crippen LogP contribution in [0.15, 0.2) is 60.7 Å². The third kappa shape index (κ3) is 7.67. The quantitative estimate of drug-likeness (QED) is 0.376. The minimum atomic E-state index is -3.87. The number of nitrogens with one attached hydrogen (secondary N) is 2. The number of halogens is 3. The van der Waals surface area contributed by atoms with Crippen LogP contribution in [0.4, 0.5) is 18.9 Å².